The van der Waals surface area contributed by atoms with Crippen molar-refractivity contribution in [1.82, 2.24) is 5.32 Å². The van der Waals surface area contributed by atoms with Gasteiger partial charge in [0.05, 0.1) is 16.1 Å². The van der Waals surface area contributed by atoms with Gasteiger partial charge in [-0.15, -0.1) is 11.3 Å². The normalized spacial score (nSPS) is 14.6. The van der Waals surface area contributed by atoms with Gasteiger partial charge in [0.2, 0.25) is 0 Å². The van der Waals surface area contributed by atoms with Crippen molar-refractivity contribution in [3.8, 4) is 0 Å². The average Bonchev–Trinajstić information content (AvgIpc) is 3.09. The molecule has 0 spiro atoms. The van der Waals surface area contributed by atoms with E-state index in [2.05, 4.69) is 22.8 Å². The molecule has 27 heavy (non-hydrogen) atoms. The third kappa shape index (κ3) is 3.66. The van der Waals surface area contributed by atoms with Crippen LogP contribution < -0.4 is 10.6 Å². The van der Waals surface area contributed by atoms with Crippen LogP contribution in [-0.4, -0.2) is 18.4 Å². The van der Waals surface area contributed by atoms with Crippen molar-refractivity contribution in [3.05, 3.63) is 76.6 Å². The summed E-state index contributed by atoms with van der Waals surface area (Å²) >= 11 is 1.27. The highest BCUT2D eigenvalue weighted by Gasteiger charge is 2.44. The summed E-state index contributed by atoms with van der Waals surface area (Å²) in [7, 11) is 0. The largest absolute Gasteiger partial charge is 0.459 e. The van der Waals surface area contributed by atoms with Gasteiger partial charge in [0.25, 0.3) is 11.8 Å². The minimum Gasteiger partial charge on any atom is -0.459 e. The number of hydrogen-bond donors (Lipinski definition) is 2. The fourth-order valence-corrected chi connectivity index (χ4v) is 4.17. The number of anilines is 1. The molecule has 0 radical (unpaired) electrons. The number of thiophene rings is 1. The maximum Gasteiger partial charge on any atom is 0.291 e. The molecule has 6 heteroatoms. The zero-order chi connectivity index (χ0) is 18.9. The molecule has 2 heterocycles. The summed E-state index contributed by atoms with van der Waals surface area (Å²) in [4.78, 5) is 25.4. The number of benzene rings is 1. The van der Waals surface area contributed by atoms with E-state index in [0.717, 1.165) is 18.4 Å². The van der Waals surface area contributed by atoms with Gasteiger partial charge in [-0.3, -0.25) is 9.59 Å². The molecule has 3 aromatic rings. The number of aryl methyl sites for hydroxylation is 1. The zero-order valence-corrected chi connectivity index (χ0v) is 15.8. The first-order chi connectivity index (χ1) is 13.1. The Morgan fingerprint density at radius 3 is 2.56 bits per heavy atom. The number of rotatable bonds is 6. The highest BCUT2D eigenvalue weighted by atomic mass is 32.1. The van der Waals surface area contributed by atoms with E-state index in [-0.39, 0.29) is 23.0 Å². The van der Waals surface area contributed by atoms with Crippen molar-refractivity contribution in [2.24, 2.45) is 0 Å². The predicted octanol–water partition coefficient (Wildman–Crippen LogP) is 4.36. The Hall–Kier alpha value is -2.86. The first kappa shape index (κ1) is 17.5. The van der Waals surface area contributed by atoms with Crippen molar-refractivity contribution >= 4 is 28.2 Å². The fourth-order valence-electron chi connectivity index (χ4n) is 3.19. The van der Waals surface area contributed by atoms with Crippen LogP contribution in [0.25, 0.3) is 0 Å². The number of carbonyl (C=O) groups is 2. The Morgan fingerprint density at radius 1 is 1.11 bits per heavy atom. The van der Waals surface area contributed by atoms with Gasteiger partial charge in [0.1, 0.15) is 0 Å². The highest BCUT2D eigenvalue weighted by molar-refractivity contribution is 7.18. The molecule has 0 atom stereocenters. The molecule has 1 aliphatic rings. The van der Waals surface area contributed by atoms with Crippen LogP contribution in [0.2, 0.25) is 0 Å². The van der Waals surface area contributed by atoms with E-state index in [1.54, 1.807) is 12.1 Å². The number of nitrogens with one attached hydrogen (secondary N) is 2. The lowest BCUT2D eigenvalue weighted by Gasteiger charge is -2.16. The maximum absolute atomic E-state index is 12.7. The molecule has 1 aromatic carbocycles. The first-order valence-corrected chi connectivity index (χ1v) is 9.68. The molecule has 0 unspecified atom stereocenters. The van der Waals surface area contributed by atoms with Crippen LogP contribution in [0.15, 0.2) is 59.2 Å². The monoisotopic (exact) mass is 380 g/mol. The average molecular weight is 380 g/mol. The Bertz CT molecular complexity index is 957. The lowest BCUT2D eigenvalue weighted by Crippen LogP contribution is -2.32. The topological polar surface area (TPSA) is 71.3 Å². The molecule has 2 amide bonds. The Kier molecular flexibility index (Phi) is 4.58. The number of amides is 2. The van der Waals surface area contributed by atoms with Crippen LogP contribution in [0.3, 0.4) is 0 Å². The fraction of sp³-hybridized carbons (Fsp3) is 0.238. The van der Waals surface area contributed by atoms with E-state index < -0.39 is 0 Å². The minimum absolute atomic E-state index is 0.0679. The smallest absolute Gasteiger partial charge is 0.291 e. The second-order valence-electron chi connectivity index (χ2n) is 6.88. The zero-order valence-electron chi connectivity index (χ0n) is 15.0. The maximum atomic E-state index is 12.7. The van der Waals surface area contributed by atoms with Crippen LogP contribution in [0.1, 0.15) is 44.2 Å². The summed E-state index contributed by atoms with van der Waals surface area (Å²) in [5.74, 6) is -0.182. The van der Waals surface area contributed by atoms with Gasteiger partial charge in [0, 0.05) is 12.0 Å². The van der Waals surface area contributed by atoms with Crippen LogP contribution in [0.4, 0.5) is 5.00 Å². The molecule has 1 fully saturated rings. The van der Waals surface area contributed by atoms with Crippen LogP contribution in [0, 0.1) is 6.92 Å². The van der Waals surface area contributed by atoms with E-state index in [1.807, 2.05) is 31.2 Å². The van der Waals surface area contributed by atoms with E-state index in [4.69, 9.17) is 4.42 Å². The second kappa shape index (κ2) is 7.04. The molecule has 1 aliphatic carbocycles. The van der Waals surface area contributed by atoms with Gasteiger partial charge >= 0.3 is 0 Å². The van der Waals surface area contributed by atoms with Crippen molar-refractivity contribution in [3.63, 3.8) is 0 Å². The van der Waals surface area contributed by atoms with E-state index >= 15 is 0 Å². The molecule has 4 rings (SSSR count). The van der Waals surface area contributed by atoms with Crippen LogP contribution in [-0.2, 0) is 5.41 Å². The highest BCUT2D eigenvalue weighted by Crippen LogP contribution is 2.47. The van der Waals surface area contributed by atoms with E-state index in [1.165, 1.54) is 23.2 Å². The van der Waals surface area contributed by atoms with Crippen molar-refractivity contribution in [2.75, 3.05) is 11.9 Å². The predicted molar refractivity (Wildman–Crippen MR) is 105 cm³/mol. The van der Waals surface area contributed by atoms with Gasteiger partial charge in [-0.1, -0.05) is 30.3 Å². The number of carbonyl (C=O) groups excluding carboxylic acids is 2. The molecule has 1 saturated carbocycles. The quantitative estimate of drug-likeness (QED) is 0.667. The first-order valence-electron chi connectivity index (χ1n) is 8.86. The second-order valence-corrected chi connectivity index (χ2v) is 7.94. The third-order valence-electron chi connectivity index (χ3n) is 4.93. The van der Waals surface area contributed by atoms with Gasteiger partial charge in [-0.2, -0.15) is 0 Å². The lowest BCUT2D eigenvalue weighted by atomic mass is 9.96. The molecule has 138 valence electrons. The standard InChI is InChI=1S/C21H20N2O3S/c1-14-12-17(23-19(24)16-8-5-11-26-16)27-18(14)20(25)22-13-21(9-10-21)15-6-3-2-4-7-15/h2-8,11-12H,9-10,13H2,1H3,(H,22,25)(H,23,24). The van der Waals surface area contributed by atoms with Crippen LogP contribution >= 0.6 is 11.3 Å². The molecule has 0 aliphatic heterocycles. The molecule has 5 nitrogen and oxygen atoms in total. The van der Waals surface area contributed by atoms with Gasteiger partial charge in [-0.25, -0.2) is 0 Å². The molecular formula is C21H20N2O3S. The Labute approximate surface area is 161 Å². The molecule has 0 saturated heterocycles. The summed E-state index contributed by atoms with van der Waals surface area (Å²) in [5, 5.41) is 6.48. The SMILES string of the molecule is Cc1cc(NC(=O)c2ccco2)sc1C(=O)NCC1(c2ccccc2)CC1. The number of furan rings is 1. The summed E-state index contributed by atoms with van der Waals surface area (Å²) in [6.45, 7) is 2.50. The molecular weight excluding hydrogens is 360 g/mol. The summed E-state index contributed by atoms with van der Waals surface area (Å²) in [6.07, 6.45) is 3.63. The Balaban J connectivity index is 1.41. The Morgan fingerprint density at radius 2 is 1.89 bits per heavy atom. The van der Waals surface area contributed by atoms with Gasteiger partial charge < -0.3 is 15.1 Å². The molecule has 2 N–H and O–H groups in total. The van der Waals surface area contributed by atoms with Crippen molar-refractivity contribution in [2.45, 2.75) is 25.2 Å². The van der Waals surface area contributed by atoms with Crippen molar-refractivity contribution in [1.29, 1.82) is 0 Å². The third-order valence-corrected chi connectivity index (χ3v) is 6.08. The summed E-state index contributed by atoms with van der Waals surface area (Å²) < 4.78 is 5.09. The minimum atomic E-state index is -0.325. The van der Waals surface area contributed by atoms with Gasteiger partial charge in [-0.05, 0) is 49.1 Å². The molecule has 2 aromatic heterocycles. The van der Waals surface area contributed by atoms with Gasteiger partial charge in [0.15, 0.2) is 5.76 Å². The van der Waals surface area contributed by atoms with E-state index in [9.17, 15) is 9.59 Å². The lowest BCUT2D eigenvalue weighted by molar-refractivity contribution is 0.0951. The summed E-state index contributed by atoms with van der Waals surface area (Å²) in [6, 6.07) is 15.4. The number of hydrogen-bond acceptors (Lipinski definition) is 4. The van der Waals surface area contributed by atoms with E-state index in [0.29, 0.717) is 16.4 Å². The van der Waals surface area contributed by atoms with Crippen LogP contribution in [0.5, 0.6) is 0 Å². The molecule has 0 bridgehead atoms. The van der Waals surface area contributed by atoms with Crippen molar-refractivity contribution < 1.29 is 14.0 Å². The summed E-state index contributed by atoms with van der Waals surface area (Å²) in [5.41, 5.74) is 2.19.